The van der Waals surface area contributed by atoms with Gasteiger partial charge in [-0.3, -0.25) is 4.79 Å². The van der Waals surface area contributed by atoms with Crippen molar-refractivity contribution in [3.05, 3.63) is 59.6 Å². The Kier molecular flexibility index (Phi) is 5.18. The molecule has 2 heterocycles. The van der Waals surface area contributed by atoms with Crippen LogP contribution in [0.1, 0.15) is 17.8 Å². The van der Waals surface area contributed by atoms with Gasteiger partial charge >= 0.3 is 0 Å². The minimum atomic E-state index is -3.69. The van der Waals surface area contributed by atoms with E-state index in [4.69, 9.17) is 0 Å². The first-order valence-electron chi connectivity index (χ1n) is 9.13. The molecule has 0 aliphatic carbocycles. The molecule has 0 bridgehead atoms. The van der Waals surface area contributed by atoms with Gasteiger partial charge in [-0.05, 0) is 37.1 Å². The van der Waals surface area contributed by atoms with Gasteiger partial charge in [-0.25, -0.2) is 13.4 Å². The predicted molar refractivity (Wildman–Crippen MR) is 109 cm³/mol. The van der Waals surface area contributed by atoms with Gasteiger partial charge in [0.2, 0.25) is 15.9 Å². The van der Waals surface area contributed by atoms with E-state index in [1.165, 1.54) is 4.31 Å². The molecular formula is C20H21N3O3S2. The number of benzene rings is 2. The van der Waals surface area contributed by atoms with Crippen molar-refractivity contribution in [1.82, 2.24) is 14.2 Å². The molecule has 28 heavy (non-hydrogen) atoms. The minimum Gasteiger partial charge on any atom is -0.338 e. The van der Waals surface area contributed by atoms with E-state index in [2.05, 4.69) is 4.98 Å². The zero-order valence-corrected chi connectivity index (χ0v) is 17.1. The van der Waals surface area contributed by atoms with Gasteiger partial charge in [0.15, 0.2) is 0 Å². The van der Waals surface area contributed by atoms with Gasteiger partial charge in [0.1, 0.15) is 11.0 Å². The molecule has 0 spiro atoms. The van der Waals surface area contributed by atoms with Crippen LogP contribution in [0.5, 0.6) is 0 Å². The van der Waals surface area contributed by atoms with Crippen molar-refractivity contribution in [3.63, 3.8) is 0 Å². The third kappa shape index (κ3) is 3.55. The van der Waals surface area contributed by atoms with Crippen LogP contribution < -0.4 is 0 Å². The number of nitrogens with zero attached hydrogens (tertiary/aromatic N) is 3. The standard InChI is InChI=1S/C20H21N3O3S2/c1-22(14-19-21-16-10-5-6-12-18(16)27-19)20(24)17-11-7-13-23(17)28(25,26)15-8-3-2-4-9-15/h2-6,8-10,12,17H,7,11,13-14H2,1H3/t17-/m1/s1. The summed E-state index contributed by atoms with van der Waals surface area (Å²) in [7, 11) is -1.98. The molecule has 2 aromatic carbocycles. The third-order valence-corrected chi connectivity index (χ3v) is 7.87. The van der Waals surface area contributed by atoms with E-state index < -0.39 is 16.1 Å². The van der Waals surface area contributed by atoms with Crippen LogP contribution in [0, 0.1) is 0 Å². The van der Waals surface area contributed by atoms with E-state index in [1.807, 2.05) is 24.3 Å². The Hall–Kier alpha value is -2.29. The molecule has 0 unspecified atom stereocenters. The summed E-state index contributed by atoms with van der Waals surface area (Å²) in [6, 6.07) is 15.5. The van der Waals surface area contributed by atoms with Crippen molar-refractivity contribution in [1.29, 1.82) is 0 Å². The average Bonchev–Trinajstić information content (AvgIpc) is 3.35. The number of likely N-dealkylation sites (N-methyl/N-ethyl adjacent to an activating group) is 1. The summed E-state index contributed by atoms with van der Waals surface area (Å²) in [5.41, 5.74) is 0.914. The van der Waals surface area contributed by atoms with Crippen LogP contribution in [0.2, 0.25) is 0 Å². The first kappa shape index (κ1) is 19.0. The number of hydrogen-bond donors (Lipinski definition) is 0. The Labute approximate surface area is 168 Å². The molecule has 1 saturated heterocycles. The van der Waals surface area contributed by atoms with Crippen LogP contribution in [-0.4, -0.2) is 48.1 Å². The van der Waals surface area contributed by atoms with Gasteiger partial charge in [0, 0.05) is 13.6 Å². The second-order valence-electron chi connectivity index (χ2n) is 6.86. The van der Waals surface area contributed by atoms with Crippen molar-refractivity contribution in [3.8, 4) is 0 Å². The SMILES string of the molecule is CN(Cc1nc2ccccc2s1)C(=O)[C@H]1CCCN1S(=O)(=O)c1ccccc1. The highest BCUT2D eigenvalue weighted by Gasteiger charge is 2.40. The summed E-state index contributed by atoms with van der Waals surface area (Å²) in [6.07, 6.45) is 1.21. The number of rotatable bonds is 5. The largest absolute Gasteiger partial charge is 0.338 e. The Balaban J connectivity index is 1.53. The van der Waals surface area contributed by atoms with Crippen molar-refractivity contribution < 1.29 is 13.2 Å². The maximum Gasteiger partial charge on any atom is 0.243 e. The molecule has 4 rings (SSSR count). The fourth-order valence-electron chi connectivity index (χ4n) is 3.53. The molecule has 0 radical (unpaired) electrons. The maximum atomic E-state index is 13.0. The highest BCUT2D eigenvalue weighted by atomic mass is 32.2. The fraction of sp³-hybridized carbons (Fsp3) is 0.300. The number of amides is 1. The summed E-state index contributed by atoms with van der Waals surface area (Å²) < 4.78 is 28.4. The first-order chi connectivity index (χ1) is 13.5. The van der Waals surface area contributed by atoms with Gasteiger partial charge in [-0.1, -0.05) is 30.3 Å². The number of aromatic nitrogens is 1. The number of hydrogen-bond acceptors (Lipinski definition) is 5. The highest BCUT2D eigenvalue weighted by molar-refractivity contribution is 7.89. The third-order valence-electron chi connectivity index (χ3n) is 4.93. The number of fused-ring (bicyclic) bond motifs is 1. The molecule has 1 aliphatic rings. The molecule has 1 amide bonds. The zero-order valence-electron chi connectivity index (χ0n) is 15.5. The van der Waals surface area contributed by atoms with Crippen LogP contribution in [0.3, 0.4) is 0 Å². The molecule has 0 saturated carbocycles. The highest BCUT2D eigenvalue weighted by Crippen LogP contribution is 2.28. The predicted octanol–water partition coefficient (Wildman–Crippen LogP) is 3.11. The van der Waals surface area contributed by atoms with Gasteiger partial charge < -0.3 is 4.90 Å². The molecule has 3 aromatic rings. The molecule has 1 aromatic heterocycles. The molecule has 1 aliphatic heterocycles. The van der Waals surface area contributed by atoms with Gasteiger partial charge in [-0.2, -0.15) is 4.31 Å². The molecule has 1 atom stereocenters. The van der Waals surface area contributed by atoms with Gasteiger partial charge in [-0.15, -0.1) is 11.3 Å². The monoisotopic (exact) mass is 415 g/mol. The number of carbonyl (C=O) groups excluding carboxylic acids is 1. The summed E-state index contributed by atoms with van der Waals surface area (Å²) >= 11 is 1.55. The molecule has 6 nitrogen and oxygen atoms in total. The molecule has 146 valence electrons. The second-order valence-corrected chi connectivity index (χ2v) is 9.86. The zero-order chi connectivity index (χ0) is 19.7. The lowest BCUT2D eigenvalue weighted by atomic mass is 10.2. The Morgan fingerprint density at radius 2 is 1.89 bits per heavy atom. The fourth-order valence-corrected chi connectivity index (χ4v) is 6.22. The van der Waals surface area contributed by atoms with Crippen LogP contribution in [-0.2, 0) is 21.4 Å². The molecule has 8 heteroatoms. The van der Waals surface area contributed by atoms with Crippen LogP contribution in [0.4, 0.5) is 0 Å². The Bertz CT molecular complexity index is 1060. The van der Waals surface area contributed by atoms with Crippen LogP contribution >= 0.6 is 11.3 Å². The molecule has 1 fully saturated rings. The summed E-state index contributed by atoms with van der Waals surface area (Å²) in [6.45, 7) is 0.733. The Morgan fingerprint density at radius 3 is 2.64 bits per heavy atom. The summed E-state index contributed by atoms with van der Waals surface area (Å²) in [5, 5.41) is 0.840. The molecule has 0 N–H and O–H groups in total. The lowest BCUT2D eigenvalue weighted by Crippen LogP contribution is -2.46. The van der Waals surface area contributed by atoms with E-state index >= 15 is 0 Å². The Morgan fingerprint density at radius 1 is 1.18 bits per heavy atom. The lowest BCUT2D eigenvalue weighted by Gasteiger charge is -2.27. The lowest BCUT2D eigenvalue weighted by molar-refractivity contribution is -0.133. The van der Waals surface area contributed by atoms with Crippen LogP contribution in [0.15, 0.2) is 59.5 Å². The number of para-hydroxylation sites is 1. The normalized spacial score (nSPS) is 17.8. The van der Waals surface area contributed by atoms with Gasteiger partial charge in [0.25, 0.3) is 0 Å². The number of carbonyl (C=O) groups is 1. The minimum absolute atomic E-state index is 0.184. The van der Waals surface area contributed by atoms with Crippen molar-refractivity contribution in [2.45, 2.75) is 30.3 Å². The van der Waals surface area contributed by atoms with Crippen molar-refractivity contribution in [2.24, 2.45) is 0 Å². The average molecular weight is 416 g/mol. The number of thiazole rings is 1. The maximum absolute atomic E-state index is 13.0. The van der Waals surface area contributed by atoms with E-state index in [0.29, 0.717) is 25.9 Å². The van der Waals surface area contributed by atoms with E-state index in [0.717, 1.165) is 15.2 Å². The van der Waals surface area contributed by atoms with Crippen LogP contribution in [0.25, 0.3) is 10.2 Å². The second kappa shape index (κ2) is 7.62. The summed E-state index contributed by atoms with van der Waals surface area (Å²) in [5.74, 6) is -0.184. The quantitative estimate of drug-likeness (QED) is 0.642. The van der Waals surface area contributed by atoms with Crippen molar-refractivity contribution in [2.75, 3.05) is 13.6 Å². The van der Waals surface area contributed by atoms with E-state index in [9.17, 15) is 13.2 Å². The smallest absolute Gasteiger partial charge is 0.243 e. The summed E-state index contributed by atoms with van der Waals surface area (Å²) in [4.78, 5) is 19.4. The first-order valence-corrected chi connectivity index (χ1v) is 11.4. The topological polar surface area (TPSA) is 70.6 Å². The molecular weight excluding hydrogens is 394 g/mol. The van der Waals surface area contributed by atoms with Gasteiger partial charge in [0.05, 0.1) is 21.7 Å². The van der Waals surface area contributed by atoms with E-state index in [1.54, 1.807) is 53.6 Å². The van der Waals surface area contributed by atoms with Crippen molar-refractivity contribution >= 4 is 37.5 Å². The van der Waals surface area contributed by atoms with E-state index in [-0.39, 0.29) is 10.8 Å². The number of sulfonamides is 1.